The van der Waals surface area contributed by atoms with Crippen molar-refractivity contribution in [2.24, 2.45) is 11.7 Å². The maximum Gasteiger partial charge on any atom is 0.223 e. The van der Waals surface area contributed by atoms with Gasteiger partial charge in [0.1, 0.15) is 0 Å². The van der Waals surface area contributed by atoms with Crippen molar-refractivity contribution in [1.82, 2.24) is 10.2 Å². The predicted octanol–water partition coefficient (Wildman–Crippen LogP) is 0.572. The first-order chi connectivity index (χ1) is 7.63. The molecule has 1 heterocycles. The van der Waals surface area contributed by atoms with Crippen molar-refractivity contribution in [1.29, 1.82) is 0 Å². The van der Waals surface area contributed by atoms with Gasteiger partial charge in [-0.1, -0.05) is 6.92 Å². The quantitative estimate of drug-likeness (QED) is 0.722. The van der Waals surface area contributed by atoms with Gasteiger partial charge < -0.3 is 16.0 Å². The standard InChI is InChI=1S/C12H25N3O/c1-10(5-3-7-13)12(16)14-11-6-4-8-15(2)9-11/h10-11H,3-9,13H2,1-2H3,(H,14,16). The van der Waals surface area contributed by atoms with Crippen molar-refractivity contribution in [2.75, 3.05) is 26.7 Å². The minimum Gasteiger partial charge on any atom is -0.352 e. The van der Waals surface area contributed by atoms with E-state index in [9.17, 15) is 4.79 Å². The maximum atomic E-state index is 11.9. The maximum absolute atomic E-state index is 11.9. The number of amides is 1. The number of nitrogens with two attached hydrogens (primary N) is 1. The van der Waals surface area contributed by atoms with E-state index in [-0.39, 0.29) is 11.8 Å². The predicted molar refractivity (Wildman–Crippen MR) is 66.1 cm³/mol. The minimum atomic E-state index is 0.0933. The molecule has 1 rings (SSSR count). The van der Waals surface area contributed by atoms with Crippen LogP contribution < -0.4 is 11.1 Å². The molecule has 94 valence electrons. The van der Waals surface area contributed by atoms with Gasteiger partial charge in [-0.2, -0.15) is 0 Å². The molecule has 16 heavy (non-hydrogen) atoms. The number of carbonyl (C=O) groups is 1. The van der Waals surface area contributed by atoms with Crippen LogP contribution in [-0.4, -0.2) is 43.5 Å². The van der Waals surface area contributed by atoms with E-state index in [4.69, 9.17) is 5.73 Å². The molecule has 0 spiro atoms. The zero-order valence-corrected chi connectivity index (χ0v) is 10.5. The monoisotopic (exact) mass is 227 g/mol. The third-order valence-corrected chi connectivity index (χ3v) is 3.26. The normalized spacial score (nSPS) is 24.1. The fourth-order valence-corrected chi connectivity index (χ4v) is 2.18. The smallest absolute Gasteiger partial charge is 0.223 e. The number of nitrogens with zero attached hydrogens (tertiary/aromatic N) is 1. The van der Waals surface area contributed by atoms with E-state index in [1.54, 1.807) is 0 Å². The molecule has 0 bridgehead atoms. The second-order valence-corrected chi connectivity index (χ2v) is 4.94. The lowest BCUT2D eigenvalue weighted by molar-refractivity contribution is -0.125. The molecule has 0 aromatic carbocycles. The summed E-state index contributed by atoms with van der Waals surface area (Å²) in [7, 11) is 2.11. The molecule has 3 N–H and O–H groups in total. The fraction of sp³-hybridized carbons (Fsp3) is 0.917. The van der Waals surface area contributed by atoms with Crippen molar-refractivity contribution in [3.05, 3.63) is 0 Å². The molecule has 2 atom stereocenters. The van der Waals surface area contributed by atoms with Crippen LogP contribution in [0.15, 0.2) is 0 Å². The van der Waals surface area contributed by atoms with Gasteiger partial charge in [0.05, 0.1) is 0 Å². The molecule has 0 radical (unpaired) electrons. The van der Waals surface area contributed by atoms with Crippen LogP contribution in [0.2, 0.25) is 0 Å². The van der Waals surface area contributed by atoms with Crippen LogP contribution in [0.3, 0.4) is 0 Å². The highest BCUT2D eigenvalue weighted by molar-refractivity contribution is 5.78. The van der Waals surface area contributed by atoms with E-state index < -0.39 is 0 Å². The first-order valence-electron chi connectivity index (χ1n) is 6.32. The van der Waals surface area contributed by atoms with Crippen molar-refractivity contribution in [3.63, 3.8) is 0 Å². The molecular formula is C12H25N3O. The van der Waals surface area contributed by atoms with Crippen LogP contribution in [0.25, 0.3) is 0 Å². The first-order valence-corrected chi connectivity index (χ1v) is 6.32. The largest absolute Gasteiger partial charge is 0.352 e. The lowest BCUT2D eigenvalue weighted by Crippen LogP contribution is -2.47. The lowest BCUT2D eigenvalue weighted by atomic mass is 10.0. The molecule has 1 fully saturated rings. The second kappa shape index (κ2) is 6.86. The van der Waals surface area contributed by atoms with Crippen molar-refractivity contribution in [3.8, 4) is 0 Å². The molecule has 1 aliphatic rings. The summed E-state index contributed by atoms with van der Waals surface area (Å²) in [5, 5.41) is 3.14. The van der Waals surface area contributed by atoms with Crippen LogP contribution in [0.4, 0.5) is 0 Å². The van der Waals surface area contributed by atoms with E-state index in [1.807, 2.05) is 6.92 Å². The van der Waals surface area contributed by atoms with Gasteiger partial charge in [0, 0.05) is 18.5 Å². The van der Waals surface area contributed by atoms with E-state index in [0.29, 0.717) is 12.6 Å². The van der Waals surface area contributed by atoms with Gasteiger partial charge in [0.2, 0.25) is 5.91 Å². The number of hydrogen-bond donors (Lipinski definition) is 2. The highest BCUT2D eigenvalue weighted by atomic mass is 16.1. The Morgan fingerprint density at radius 2 is 2.38 bits per heavy atom. The summed E-state index contributed by atoms with van der Waals surface area (Å²) in [6.07, 6.45) is 4.11. The molecule has 0 aromatic heterocycles. The van der Waals surface area contributed by atoms with Crippen LogP contribution >= 0.6 is 0 Å². The molecule has 0 aromatic rings. The Morgan fingerprint density at radius 1 is 1.62 bits per heavy atom. The van der Waals surface area contributed by atoms with Gasteiger partial charge in [-0.15, -0.1) is 0 Å². The summed E-state index contributed by atoms with van der Waals surface area (Å²) in [5.74, 6) is 0.282. The third kappa shape index (κ3) is 4.49. The van der Waals surface area contributed by atoms with Gasteiger partial charge >= 0.3 is 0 Å². The number of rotatable bonds is 5. The molecule has 1 saturated heterocycles. The van der Waals surface area contributed by atoms with E-state index >= 15 is 0 Å². The van der Waals surface area contributed by atoms with Crippen LogP contribution in [0.1, 0.15) is 32.6 Å². The molecule has 1 aliphatic heterocycles. The Morgan fingerprint density at radius 3 is 3.00 bits per heavy atom. The Labute approximate surface area is 98.6 Å². The summed E-state index contributed by atoms with van der Waals surface area (Å²) >= 11 is 0. The number of piperidine rings is 1. The van der Waals surface area contributed by atoms with Gasteiger partial charge in [0.25, 0.3) is 0 Å². The van der Waals surface area contributed by atoms with Crippen LogP contribution in [-0.2, 0) is 4.79 Å². The first kappa shape index (κ1) is 13.5. The summed E-state index contributed by atoms with van der Waals surface area (Å²) in [5.41, 5.74) is 5.44. The van der Waals surface area contributed by atoms with E-state index in [0.717, 1.165) is 32.4 Å². The number of likely N-dealkylation sites (tertiary alicyclic amines) is 1. The number of likely N-dealkylation sites (N-methyl/N-ethyl adjacent to an activating group) is 1. The summed E-state index contributed by atoms with van der Waals surface area (Å²) in [6, 6.07) is 0.339. The lowest BCUT2D eigenvalue weighted by Gasteiger charge is -2.30. The molecule has 0 aliphatic carbocycles. The van der Waals surface area contributed by atoms with Crippen LogP contribution in [0, 0.1) is 5.92 Å². The molecule has 1 amide bonds. The summed E-state index contributed by atoms with van der Waals surface area (Å²) in [4.78, 5) is 14.1. The number of hydrogen-bond acceptors (Lipinski definition) is 3. The highest BCUT2D eigenvalue weighted by Gasteiger charge is 2.21. The fourth-order valence-electron chi connectivity index (χ4n) is 2.18. The average molecular weight is 227 g/mol. The zero-order valence-electron chi connectivity index (χ0n) is 10.5. The van der Waals surface area contributed by atoms with Crippen molar-refractivity contribution < 1.29 is 4.79 Å². The Bertz CT molecular complexity index is 220. The second-order valence-electron chi connectivity index (χ2n) is 4.94. The number of carbonyl (C=O) groups excluding carboxylic acids is 1. The van der Waals surface area contributed by atoms with Gasteiger partial charge in [-0.25, -0.2) is 0 Å². The third-order valence-electron chi connectivity index (χ3n) is 3.26. The molecular weight excluding hydrogens is 202 g/mol. The van der Waals surface area contributed by atoms with Gasteiger partial charge in [-0.3, -0.25) is 4.79 Å². The Hall–Kier alpha value is -0.610. The van der Waals surface area contributed by atoms with Crippen molar-refractivity contribution >= 4 is 5.91 Å². The molecule has 4 heteroatoms. The zero-order chi connectivity index (χ0) is 12.0. The summed E-state index contributed by atoms with van der Waals surface area (Å²) in [6.45, 7) is 4.78. The van der Waals surface area contributed by atoms with E-state index in [1.165, 1.54) is 6.42 Å². The van der Waals surface area contributed by atoms with Gasteiger partial charge in [0.15, 0.2) is 0 Å². The van der Waals surface area contributed by atoms with Crippen molar-refractivity contribution in [2.45, 2.75) is 38.6 Å². The Balaban J connectivity index is 2.26. The molecule has 4 nitrogen and oxygen atoms in total. The molecule has 2 unspecified atom stereocenters. The molecule has 0 saturated carbocycles. The summed E-state index contributed by atoms with van der Waals surface area (Å²) < 4.78 is 0. The van der Waals surface area contributed by atoms with E-state index in [2.05, 4.69) is 17.3 Å². The number of nitrogens with one attached hydrogen (secondary N) is 1. The van der Waals surface area contributed by atoms with Crippen LogP contribution in [0.5, 0.6) is 0 Å². The van der Waals surface area contributed by atoms with Gasteiger partial charge in [-0.05, 0) is 45.8 Å². The average Bonchev–Trinajstić information content (AvgIpc) is 2.25. The Kier molecular flexibility index (Phi) is 5.77. The highest BCUT2D eigenvalue weighted by Crippen LogP contribution is 2.10. The topological polar surface area (TPSA) is 58.4 Å². The minimum absolute atomic E-state index is 0.0933. The SMILES string of the molecule is CC(CCCN)C(=O)NC1CCCN(C)C1.